The Morgan fingerprint density at radius 3 is 2.48 bits per heavy atom. The molecule has 0 saturated heterocycles. The quantitative estimate of drug-likeness (QED) is 0.720. The Bertz CT molecular complexity index is 926. The van der Waals surface area contributed by atoms with Gasteiger partial charge < -0.3 is 14.8 Å². The second-order valence-electron chi connectivity index (χ2n) is 5.85. The highest BCUT2D eigenvalue weighted by molar-refractivity contribution is 7.89. The van der Waals surface area contributed by atoms with Gasteiger partial charge in [-0.15, -0.1) is 0 Å². The fraction of sp³-hybridized carbons (Fsp3) is 0.316. The molecule has 0 aliphatic rings. The zero-order chi connectivity index (χ0) is 20.0. The van der Waals surface area contributed by atoms with Crippen LogP contribution in [-0.4, -0.2) is 35.1 Å². The van der Waals surface area contributed by atoms with E-state index >= 15 is 0 Å². The third-order valence-corrected chi connectivity index (χ3v) is 5.51. The molecule has 2 N–H and O–H groups in total. The monoisotopic (exact) mass is 392 g/mol. The number of para-hydroxylation sites is 1. The van der Waals surface area contributed by atoms with Crippen LogP contribution in [0.15, 0.2) is 41.3 Å². The Kier molecular flexibility index (Phi) is 6.81. The third kappa shape index (κ3) is 4.99. The van der Waals surface area contributed by atoms with Crippen LogP contribution < -0.4 is 19.5 Å². The van der Waals surface area contributed by atoms with Crippen LogP contribution in [0, 0.1) is 6.92 Å². The first kappa shape index (κ1) is 20.7. The van der Waals surface area contributed by atoms with Crippen LogP contribution in [0.25, 0.3) is 0 Å². The molecule has 0 atom stereocenters. The first-order valence-corrected chi connectivity index (χ1v) is 9.90. The fourth-order valence-corrected chi connectivity index (χ4v) is 3.78. The summed E-state index contributed by atoms with van der Waals surface area (Å²) in [6.45, 7) is 3.47. The number of carbonyl (C=O) groups excluding carboxylic acids is 1. The van der Waals surface area contributed by atoms with Crippen LogP contribution >= 0.6 is 0 Å². The Morgan fingerprint density at radius 1 is 1.11 bits per heavy atom. The highest BCUT2D eigenvalue weighted by atomic mass is 32.2. The molecule has 27 heavy (non-hydrogen) atoms. The van der Waals surface area contributed by atoms with Gasteiger partial charge in [0, 0.05) is 11.8 Å². The van der Waals surface area contributed by atoms with Crippen molar-refractivity contribution in [2.24, 2.45) is 0 Å². The molecule has 146 valence electrons. The van der Waals surface area contributed by atoms with Crippen molar-refractivity contribution < 1.29 is 22.7 Å². The number of ether oxygens (including phenoxy) is 2. The zero-order valence-corrected chi connectivity index (χ0v) is 16.6. The van der Waals surface area contributed by atoms with Crippen LogP contribution in [0.1, 0.15) is 18.1 Å². The smallest absolute Gasteiger partial charge is 0.244 e. The maximum atomic E-state index is 12.6. The van der Waals surface area contributed by atoms with Gasteiger partial charge in [0.1, 0.15) is 16.4 Å². The SMILES string of the molecule is CCc1cccc(C)c1NC(=O)CNS(=O)(=O)c1cc(OC)ccc1OC. The fourth-order valence-electron chi connectivity index (χ4n) is 2.62. The normalized spacial score (nSPS) is 11.1. The molecule has 0 unspecified atom stereocenters. The standard InChI is InChI=1S/C19H24N2O5S/c1-5-14-8-6-7-13(2)19(14)21-18(22)12-20-27(23,24)17-11-15(25-3)9-10-16(17)26-4/h6-11,20H,5,12H2,1-4H3,(H,21,22). The van der Waals surface area contributed by atoms with E-state index in [2.05, 4.69) is 10.0 Å². The van der Waals surface area contributed by atoms with Gasteiger partial charge in [0.15, 0.2) is 0 Å². The van der Waals surface area contributed by atoms with Crippen molar-refractivity contribution in [1.82, 2.24) is 4.72 Å². The van der Waals surface area contributed by atoms with E-state index in [9.17, 15) is 13.2 Å². The van der Waals surface area contributed by atoms with Gasteiger partial charge in [-0.3, -0.25) is 4.79 Å². The Hall–Kier alpha value is -2.58. The topological polar surface area (TPSA) is 93.7 Å². The highest BCUT2D eigenvalue weighted by Crippen LogP contribution is 2.28. The number of anilines is 1. The second kappa shape index (κ2) is 8.88. The minimum absolute atomic E-state index is 0.0951. The molecule has 2 rings (SSSR count). The maximum absolute atomic E-state index is 12.6. The molecule has 0 aliphatic heterocycles. The second-order valence-corrected chi connectivity index (χ2v) is 7.59. The predicted molar refractivity (Wildman–Crippen MR) is 104 cm³/mol. The Morgan fingerprint density at radius 2 is 1.85 bits per heavy atom. The van der Waals surface area contributed by atoms with E-state index in [0.717, 1.165) is 17.5 Å². The van der Waals surface area contributed by atoms with E-state index in [4.69, 9.17) is 9.47 Å². The highest BCUT2D eigenvalue weighted by Gasteiger charge is 2.21. The van der Waals surface area contributed by atoms with E-state index in [1.54, 1.807) is 6.07 Å². The molecule has 0 radical (unpaired) electrons. The van der Waals surface area contributed by atoms with E-state index in [1.807, 2.05) is 32.0 Å². The predicted octanol–water partition coefficient (Wildman–Crippen LogP) is 2.49. The summed E-state index contributed by atoms with van der Waals surface area (Å²) in [5.41, 5.74) is 2.61. The number of amides is 1. The van der Waals surface area contributed by atoms with E-state index in [-0.39, 0.29) is 10.6 Å². The van der Waals surface area contributed by atoms with Crippen molar-refractivity contribution in [3.8, 4) is 11.5 Å². The van der Waals surface area contributed by atoms with E-state index < -0.39 is 22.5 Å². The lowest BCUT2D eigenvalue weighted by Crippen LogP contribution is -2.33. The molecule has 8 heteroatoms. The lowest BCUT2D eigenvalue weighted by molar-refractivity contribution is -0.115. The number of benzene rings is 2. The molecular weight excluding hydrogens is 368 g/mol. The molecule has 0 aromatic heterocycles. The van der Waals surface area contributed by atoms with Gasteiger partial charge in [-0.1, -0.05) is 25.1 Å². The average molecular weight is 392 g/mol. The molecule has 0 aliphatic carbocycles. The lowest BCUT2D eigenvalue weighted by Gasteiger charge is -2.14. The molecule has 2 aromatic rings. The van der Waals surface area contributed by atoms with Crippen molar-refractivity contribution >= 4 is 21.6 Å². The largest absolute Gasteiger partial charge is 0.497 e. The number of hydrogen-bond donors (Lipinski definition) is 2. The van der Waals surface area contributed by atoms with Crippen LogP contribution in [0.3, 0.4) is 0 Å². The summed E-state index contributed by atoms with van der Waals surface area (Å²) in [6, 6.07) is 10.2. The minimum Gasteiger partial charge on any atom is -0.497 e. The van der Waals surface area contributed by atoms with Crippen LogP contribution in [-0.2, 0) is 21.2 Å². The van der Waals surface area contributed by atoms with Crippen LogP contribution in [0.4, 0.5) is 5.69 Å². The van der Waals surface area contributed by atoms with E-state index in [1.165, 1.54) is 26.4 Å². The molecule has 1 amide bonds. The Labute approximate surface area is 159 Å². The van der Waals surface area contributed by atoms with Gasteiger partial charge in [-0.05, 0) is 36.6 Å². The van der Waals surface area contributed by atoms with Crippen molar-refractivity contribution in [3.63, 3.8) is 0 Å². The van der Waals surface area contributed by atoms with Gasteiger partial charge in [0.25, 0.3) is 0 Å². The molecule has 0 spiro atoms. The number of sulfonamides is 1. The summed E-state index contributed by atoms with van der Waals surface area (Å²) in [6.07, 6.45) is 0.754. The summed E-state index contributed by atoms with van der Waals surface area (Å²) in [5.74, 6) is 0.0773. The maximum Gasteiger partial charge on any atom is 0.244 e. The molecule has 0 fully saturated rings. The van der Waals surface area contributed by atoms with Gasteiger partial charge in [0.2, 0.25) is 15.9 Å². The summed E-state index contributed by atoms with van der Waals surface area (Å²) in [7, 11) is -1.15. The molecule has 2 aromatic carbocycles. The number of aryl methyl sites for hydroxylation is 2. The van der Waals surface area contributed by atoms with Crippen molar-refractivity contribution in [1.29, 1.82) is 0 Å². The lowest BCUT2D eigenvalue weighted by atomic mass is 10.1. The van der Waals surface area contributed by atoms with Crippen molar-refractivity contribution in [3.05, 3.63) is 47.5 Å². The van der Waals surface area contributed by atoms with Crippen molar-refractivity contribution in [2.45, 2.75) is 25.2 Å². The van der Waals surface area contributed by atoms with Gasteiger partial charge in [0.05, 0.1) is 20.8 Å². The zero-order valence-electron chi connectivity index (χ0n) is 15.8. The third-order valence-electron chi connectivity index (χ3n) is 4.09. The average Bonchev–Trinajstić information content (AvgIpc) is 2.67. The first-order chi connectivity index (χ1) is 12.8. The number of hydrogen-bond acceptors (Lipinski definition) is 5. The summed E-state index contributed by atoms with van der Waals surface area (Å²) < 4.78 is 37.7. The number of methoxy groups -OCH3 is 2. The number of nitrogens with one attached hydrogen (secondary N) is 2. The summed E-state index contributed by atoms with van der Waals surface area (Å²) in [4.78, 5) is 12.2. The minimum atomic E-state index is -3.96. The van der Waals surface area contributed by atoms with Gasteiger partial charge in [-0.2, -0.15) is 0 Å². The van der Waals surface area contributed by atoms with Crippen LogP contribution in [0.5, 0.6) is 11.5 Å². The van der Waals surface area contributed by atoms with E-state index in [0.29, 0.717) is 11.4 Å². The number of rotatable bonds is 8. The summed E-state index contributed by atoms with van der Waals surface area (Å²) >= 11 is 0. The summed E-state index contributed by atoms with van der Waals surface area (Å²) in [5, 5.41) is 2.78. The molecule has 7 nitrogen and oxygen atoms in total. The first-order valence-electron chi connectivity index (χ1n) is 8.42. The molecule has 0 saturated carbocycles. The Balaban J connectivity index is 2.15. The van der Waals surface area contributed by atoms with Gasteiger partial charge in [-0.25, -0.2) is 13.1 Å². The molecule has 0 heterocycles. The van der Waals surface area contributed by atoms with Crippen molar-refractivity contribution in [2.75, 3.05) is 26.1 Å². The number of carbonyl (C=O) groups is 1. The van der Waals surface area contributed by atoms with Gasteiger partial charge >= 0.3 is 0 Å². The van der Waals surface area contributed by atoms with Crippen LogP contribution in [0.2, 0.25) is 0 Å². The molecule has 0 bridgehead atoms. The molecular formula is C19H24N2O5S.